The Hall–Kier alpha value is -3.37. The van der Waals surface area contributed by atoms with Crippen LogP contribution in [0, 0.1) is 10.1 Å². The van der Waals surface area contributed by atoms with Gasteiger partial charge < -0.3 is 10.1 Å². The molecule has 0 saturated carbocycles. The summed E-state index contributed by atoms with van der Waals surface area (Å²) in [7, 11) is 0. The van der Waals surface area contributed by atoms with Crippen LogP contribution in [0.4, 0.5) is 11.4 Å². The standard InChI is InChI=1S/C21H20ClN5O4S/c1-3-11-26-20(14(2)31-16-7-5-4-6-8-16)24-25-21(26)32-13-19(28)23-15-9-10-17(22)18(12-15)27(29)30/h3-10,12,14H,1,11,13H2,2H3,(H,23,28). The van der Waals surface area contributed by atoms with Crippen LogP contribution in [0.2, 0.25) is 5.02 Å². The fourth-order valence-corrected chi connectivity index (χ4v) is 3.76. The van der Waals surface area contributed by atoms with Gasteiger partial charge in [-0.2, -0.15) is 0 Å². The van der Waals surface area contributed by atoms with Crippen LogP contribution in [0.1, 0.15) is 18.9 Å². The smallest absolute Gasteiger partial charge is 0.289 e. The first-order valence-electron chi connectivity index (χ1n) is 9.51. The van der Waals surface area contributed by atoms with Crippen LogP contribution in [0.25, 0.3) is 0 Å². The summed E-state index contributed by atoms with van der Waals surface area (Å²) in [4.78, 5) is 22.8. The van der Waals surface area contributed by atoms with E-state index < -0.39 is 4.92 Å². The van der Waals surface area contributed by atoms with Crippen molar-refractivity contribution in [1.82, 2.24) is 14.8 Å². The lowest BCUT2D eigenvalue weighted by Crippen LogP contribution is -2.15. The number of nitrogens with zero attached hydrogens (tertiary/aromatic N) is 4. The van der Waals surface area contributed by atoms with Crippen molar-refractivity contribution in [2.45, 2.75) is 24.7 Å². The van der Waals surface area contributed by atoms with E-state index >= 15 is 0 Å². The van der Waals surface area contributed by atoms with Crippen molar-refractivity contribution in [2.75, 3.05) is 11.1 Å². The molecule has 0 bridgehead atoms. The molecule has 1 amide bonds. The molecule has 0 fully saturated rings. The molecule has 3 rings (SSSR count). The zero-order valence-corrected chi connectivity index (χ0v) is 18.7. The van der Waals surface area contributed by atoms with Crippen LogP contribution >= 0.6 is 23.4 Å². The summed E-state index contributed by atoms with van der Waals surface area (Å²) in [5.74, 6) is 0.985. The van der Waals surface area contributed by atoms with Gasteiger partial charge in [0.1, 0.15) is 10.8 Å². The molecule has 3 aromatic rings. The van der Waals surface area contributed by atoms with Gasteiger partial charge in [-0.15, -0.1) is 16.8 Å². The topological polar surface area (TPSA) is 112 Å². The Kier molecular flexibility index (Phi) is 7.85. The van der Waals surface area contributed by atoms with Crippen molar-refractivity contribution >= 4 is 40.6 Å². The van der Waals surface area contributed by atoms with E-state index in [1.807, 2.05) is 41.8 Å². The molecule has 1 unspecified atom stereocenters. The van der Waals surface area contributed by atoms with Crippen molar-refractivity contribution in [2.24, 2.45) is 0 Å². The first kappa shape index (κ1) is 23.3. The average Bonchev–Trinajstić information content (AvgIpc) is 3.17. The van der Waals surface area contributed by atoms with Gasteiger partial charge in [-0.05, 0) is 31.2 Å². The van der Waals surface area contributed by atoms with Crippen LogP contribution < -0.4 is 10.1 Å². The maximum Gasteiger partial charge on any atom is 0.289 e. The normalized spacial score (nSPS) is 11.6. The molecule has 1 N–H and O–H groups in total. The molecular weight excluding hydrogens is 454 g/mol. The van der Waals surface area contributed by atoms with Gasteiger partial charge in [0.25, 0.3) is 5.69 Å². The SMILES string of the molecule is C=CCn1c(SCC(=O)Nc2ccc(Cl)c([N+](=O)[O-])c2)nnc1C(C)Oc1ccccc1. The number of carbonyl (C=O) groups excluding carboxylic acids is 1. The third-order valence-electron chi connectivity index (χ3n) is 4.24. The third-order valence-corrected chi connectivity index (χ3v) is 5.52. The number of rotatable bonds is 10. The lowest BCUT2D eigenvalue weighted by molar-refractivity contribution is -0.384. The Morgan fingerprint density at radius 2 is 2.09 bits per heavy atom. The highest BCUT2D eigenvalue weighted by Crippen LogP contribution is 2.28. The predicted octanol–water partition coefficient (Wildman–Crippen LogP) is 4.90. The van der Waals surface area contributed by atoms with E-state index in [2.05, 4.69) is 22.1 Å². The number of hydrogen-bond donors (Lipinski definition) is 1. The Bertz CT molecular complexity index is 1120. The number of amides is 1. The average molecular weight is 474 g/mol. The molecule has 0 aliphatic carbocycles. The zero-order chi connectivity index (χ0) is 23.1. The Labute approximate surface area is 193 Å². The predicted molar refractivity (Wildman–Crippen MR) is 123 cm³/mol. The highest BCUT2D eigenvalue weighted by molar-refractivity contribution is 7.99. The number of halogens is 1. The van der Waals surface area contributed by atoms with Crippen molar-refractivity contribution in [1.29, 1.82) is 0 Å². The Morgan fingerprint density at radius 3 is 2.78 bits per heavy atom. The van der Waals surface area contributed by atoms with Gasteiger partial charge in [0, 0.05) is 18.3 Å². The molecule has 0 aliphatic rings. The molecule has 0 aliphatic heterocycles. The second-order valence-corrected chi connectivity index (χ2v) is 7.92. The Morgan fingerprint density at radius 1 is 1.34 bits per heavy atom. The fraction of sp³-hybridized carbons (Fsp3) is 0.190. The molecule has 32 heavy (non-hydrogen) atoms. The van der Waals surface area contributed by atoms with E-state index in [0.717, 1.165) is 0 Å². The monoisotopic (exact) mass is 473 g/mol. The molecule has 166 valence electrons. The molecule has 1 aromatic heterocycles. The third kappa shape index (κ3) is 5.86. The summed E-state index contributed by atoms with van der Waals surface area (Å²) in [6.07, 6.45) is 1.33. The number of anilines is 1. The van der Waals surface area contributed by atoms with Crippen molar-refractivity contribution in [3.63, 3.8) is 0 Å². The van der Waals surface area contributed by atoms with E-state index in [9.17, 15) is 14.9 Å². The summed E-state index contributed by atoms with van der Waals surface area (Å²) in [5, 5.41) is 22.6. The van der Waals surface area contributed by atoms with E-state index in [0.29, 0.717) is 23.3 Å². The van der Waals surface area contributed by atoms with Crippen LogP contribution in [-0.2, 0) is 11.3 Å². The van der Waals surface area contributed by atoms with Crippen molar-refractivity contribution in [3.05, 3.63) is 82.1 Å². The van der Waals surface area contributed by atoms with Crippen molar-refractivity contribution in [3.8, 4) is 5.75 Å². The molecular formula is C21H20ClN5O4S. The molecule has 9 nitrogen and oxygen atoms in total. The first-order valence-corrected chi connectivity index (χ1v) is 10.9. The van der Waals surface area contributed by atoms with Gasteiger partial charge in [0.05, 0.1) is 10.7 Å². The van der Waals surface area contributed by atoms with E-state index in [-0.39, 0.29) is 34.2 Å². The van der Waals surface area contributed by atoms with E-state index in [1.54, 1.807) is 6.08 Å². The minimum atomic E-state index is -0.606. The Balaban J connectivity index is 1.67. The minimum absolute atomic E-state index is 0.000674. The second-order valence-electron chi connectivity index (χ2n) is 6.57. The maximum atomic E-state index is 12.4. The number of allylic oxidation sites excluding steroid dienone is 1. The number of nitro groups is 1. The van der Waals surface area contributed by atoms with Crippen LogP contribution in [0.5, 0.6) is 5.75 Å². The number of thioether (sulfide) groups is 1. The lowest BCUT2D eigenvalue weighted by atomic mass is 10.3. The highest BCUT2D eigenvalue weighted by Gasteiger charge is 2.20. The van der Waals surface area contributed by atoms with Gasteiger partial charge in [0.2, 0.25) is 5.91 Å². The highest BCUT2D eigenvalue weighted by atomic mass is 35.5. The largest absolute Gasteiger partial charge is 0.483 e. The van der Waals surface area contributed by atoms with E-state index in [1.165, 1.54) is 30.0 Å². The summed E-state index contributed by atoms with van der Waals surface area (Å²) < 4.78 is 7.76. The summed E-state index contributed by atoms with van der Waals surface area (Å²) in [6, 6.07) is 13.4. The molecule has 0 radical (unpaired) electrons. The molecule has 0 saturated heterocycles. The van der Waals surface area contributed by atoms with Crippen LogP contribution in [0.3, 0.4) is 0 Å². The van der Waals surface area contributed by atoms with E-state index in [4.69, 9.17) is 16.3 Å². The number of nitro benzene ring substituents is 1. The number of aromatic nitrogens is 3. The number of ether oxygens (including phenoxy) is 1. The van der Waals surface area contributed by atoms with Crippen molar-refractivity contribution < 1.29 is 14.5 Å². The number of para-hydroxylation sites is 1. The quantitative estimate of drug-likeness (QED) is 0.193. The van der Waals surface area contributed by atoms with Crippen LogP contribution in [-0.4, -0.2) is 31.3 Å². The molecule has 1 heterocycles. The molecule has 11 heteroatoms. The fourth-order valence-electron chi connectivity index (χ4n) is 2.82. The number of benzene rings is 2. The summed E-state index contributed by atoms with van der Waals surface area (Å²) in [6.45, 7) is 6.08. The number of carbonyl (C=O) groups is 1. The van der Waals surface area contributed by atoms with Gasteiger partial charge in [-0.1, -0.05) is 47.6 Å². The molecule has 0 spiro atoms. The van der Waals surface area contributed by atoms with Crippen LogP contribution in [0.15, 0.2) is 66.3 Å². The number of hydrogen-bond acceptors (Lipinski definition) is 7. The van der Waals surface area contributed by atoms with Gasteiger partial charge in [0.15, 0.2) is 17.1 Å². The van der Waals surface area contributed by atoms with Gasteiger partial charge in [-0.3, -0.25) is 19.5 Å². The lowest BCUT2D eigenvalue weighted by Gasteiger charge is -2.15. The molecule has 1 atom stereocenters. The zero-order valence-electron chi connectivity index (χ0n) is 17.1. The summed E-state index contributed by atoms with van der Waals surface area (Å²) in [5.41, 5.74) is 0.00437. The summed E-state index contributed by atoms with van der Waals surface area (Å²) >= 11 is 6.99. The van der Waals surface area contributed by atoms with Gasteiger partial charge >= 0.3 is 0 Å². The minimum Gasteiger partial charge on any atom is -0.483 e. The molecule has 2 aromatic carbocycles. The second kappa shape index (κ2) is 10.8. The number of nitrogens with one attached hydrogen (secondary N) is 1. The first-order chi connectivity index (χ1) is 15.4. The maximum absolute atomic E-state index is 12.4. The van der Waals surface area contributed by atoms with Gasteiger partial charge in [-0.25, -0.2) is 0 Å².